The van der Waals surface area contributed by atoms with Crippen molar-refractivity contribution in [1.29, 1.82) is 0 Å². The van der Waals surface area contributed by atoms with Gasteiger partial charge in [-0.3, -0.25) is 10.1 Å². The van der Waals surface area contributed by atoms with Crippen LogP contribution in [0.4, 0.5) is 11.4 Å². The van der Waals surface area contributed by atoms with Gasteiger partial charge in [0, 0.05) is 36.9 Å². The van der Waals surface area contributed by atoms with Gasteiger partial charge in [0.15, 0.2) is 0 Å². The second-order valence-electron chi connectivity index (χ2n) is 7.05. The Morgan fingerprint density at radius 1 is 1.12 bits per heavy atom. The molecule has 0 atom stereocenters. The highest BCUT2D eigenvalue weighted by atomic mass is 16.6. The molecule has 1 N–H and O–H groups in total. The highest BCUT2D eigenvalue weighted by molar-refractivity contribution is 5.99. The zero-order valence-electron chi connectivity index (χ0n) is 18.4. The first-order chi connectivity index (χ1) is 15.9. The van der Waals surface area contributed by atoms with Gasteiger partial charge in [-0.1, -0.05) is 18.2 Å². The number of benzene rings is 2. The van der Waals surface area contributed by atoms with E-state index in [1.54, 1.807) is 13.0 Å². The van der Waals surface area contributed by atoms with Crippen molar-refractivity contribution >= 4 is 34.2 Å². The number of aromatic nitrogens is 1. The van der Waals surface area contributed by atoms with Crippen molar-refractivity contribution in [2.45, 2.75) is 13.5 Å². The minimum absolute atomic E-state index is 0.0163. The normalized spacial score (nSPS) is 10.6. The number of anilines is 1. The van der Waals surface area contributed by atoms with Crippen LogP contribution in [0.3, 0.4) is 0 Å². The lowest BCUT2D eigenvalue weighted by atomic mass is 10.0. The van der Waals surface area contributed by atoms with Crippen molar-refractivity contribution in [2.75, 3.05) is 32.7 Å². The summed E-state index contributed by atoms with van der Waals surface area (Å²) in [7, 11) is 2.79. The molecule has 0 unspecified atom stereocenters. The summed E-state index contributed by atoms with van der Waals surface area (Å²) in [5, 5.41) is 15.0. The van der Waals surface area contributed by atoms with Crippen LogP contribution < -0.4 is 5.32 Å². The van der Waals surface area contributed by atoms with Crippen LogP contribution in [0.15, 0.2) is 42.5 Å². The number of nitro benzene ring substituents is 1. The summed E-state index contributed by atoms with van der Waals surface area (Å²) in [6.45, 7) is 2.19. The Morgan fingerprint density at radius 2 is 1.88 bits per heavy atom. The van der Waals surface area contributed by atoms with Crippen molar-refractivity contribution in [2.24, 2.45) is 0 Å². The number of ether oxygens (including phenoxy) is 3. The highest BCUT2D eigenvalue weighted by Gasteiger charge is 2.22. The van der Waals surface area contributed by atoms with E-state index in [9.17, 15) is 19.7 Å². The van der Waals surface area contributed by atoms with Gasteiger partial charge in [-0.2, -0.15) is 0 Å². The highest BCUT2D eigenvalue weighted by Crippen LogP contribution is 2.26. The molecule has 0 radical (unpaired) electrons. The molecule has 0 aliphatic carbocycles. The number of rotatable bonds is 9. The average Bonchev–Trinajstić information content (AvgIpc) is 2.82. The Kier molecular flexibility index (Phi) is 7.52. The van der Waals surface area contributed by atoms with Gasteiger partial charge in [-0.15, -0.1) is 0 Å². The van der Waals surface area contributed by atoms with Crippen molar-refractivity contribution in [3.05, 3.63) is 75.0 Å². The number of carbonyl (C=O) groups is 2. The summed E-state index contributed by atoms with van der Waals surface area (Å²) in [4.78, 5) is 40.4. The maximum Gasteiger partial charge on any atom is 0.340 e. The zero-order valence-corrected chi connectivity index (χ0v) is 18.4. The average molecular weight is 453 g/mol. The number of esters is 2. The number of hydrogen-bond acceptors (Lipinski definition) is 9. The molecule has 0 amide bonds. The van der Waals surface area contributed by atoms with Gasteiger partial charge in [-0.05, 0) is 24.6 Å². The van der Waals surface area contributed by atoms with Crippen molar-refractivity contribution in [3.63, 3.8) is 0 Å². The van der Waals surface area contributed by atoms with E-state index in [0.29, 0.717) is 29.9 Å². The Bertz CT molecular complexity index is 1210. The number of fused-ring (bicyclic) bond motifs is 1. The van der Waals surface area contributed by atoms with Gasteiger partial charge < -0.3 is 19.5 Å². The quantitative estimate of drug-likeness (QED) is 0.223. The van der Waals surface area contributed by atoms with Crippen molar-refractivity contribution < 1.29 is 28.7 Å². The second kappa shape index (κ2) is 10.5. The molecular weight excluding hydrogens is 430 g/mol. The Hall–Kier alpha value is -4.05. The van der Waals surface area contributed by atoms with Crippen molar-refractivity contribution in [1.82, 2.24) is 4.98 Å². The van der Waals surface area contributed by atoms with Crippen molar-refractivity contribution in [3.8, 4) is 0 Å². The van der Waals surface area contributed by atoms with E-state index in [2.05, 4.69) is 10.3 Å². The first-order valence-corrected chi connectivity index (χ1v) is 10.0. The number of non-ortho nitro benzene ring substituents is 1. The fourth-order valence-electron chi connectivity index (χ4n) is 3.39. The number of nitro groups is 1. The van der Waals surface area contributed by atoms with Crippen LogP contribution in [0.5, 0.6) is 0 Å². The topological polar surface area (TPSA) is 130 Å². The van der Waals surface area contributed by atoms with Crippen LogP contribution in [0.25, 0.3) is 10.9 Å². The first kappa shape index (κ1) is 23.6. The Labute approximate surface area is 189 Å². The third kappa shape index (κ3) is 5.24. The van der Waals surface area contributed by atoms with Crippen LogP contribution in [0, 0.1) is 17.0 Å². The van der Waals surface area contributed by atoms with Gasteiger partial charge in [0.1, 0.15) is 6.61 Å². The fraction of sp³-hybridized carbons (Fsp3) is 0.261. The van der Waals surface area contributed by atoms with E-state index < -0.39 is 16.9 Å². The molecule has 0 fully saturated rings. The zero-order chi connectivity index (χ0) is 24.0. The predicted molar refractivity (Wildman–Crippen MR) is 120 cm³/mol. The number of hydrogen-bond donors (Lipinski definition) is 1. The molecule has 1 heterocycles. The fourth-order valence-corrected chi connectivity index (χ4v) is 3.39. The number of pyridine rings is 1. The summed E-state index contributed by atoms with van der Waals surface area (Å²) in [5.74, 6) is -1.41. The lowest BCUT2D eigenvalue weighted by Gasteiger charge is -2.15. The molecule has 172 valence electrons. The molecule has 2 aromatic carbocycles. The third-order valence-corrected chi connectivity index (χ3v) is 5.01. The molecule has 10 nitrogen and oxygen atoms in total. The smallest absolute Gasteiger partial charge is 0.340 e. The molecule has 0 aliphatic heterocycles. The molecule has 0 spiro atoms. The van der Waals surface area contributed by atoms with E-state index in [1.165, 1.54) is 26.4 Å². The molecule has 10 heteroatoms. The van der Waals surface area contributed by atoms with E-state index in [0.717, 1.165) is 11.5 Å². The Balaban J connectivity index is 1.94. The number of carbonyl (C=O) groups excluding carboxylic acids is 2. The molecule has 0 saturated carbocycles. The minimum Gasteiger partial charge on any atom is -0.465 e. The summed E-state index contributed by atoms with van der Waals surface area (Å²) < 4.78 is 15.3. The minimum atomic E-state index is -0.804. The van der Waals surface area contributed by atoms with Crippen LogP contribution >= 0.6 is 0 Å². The standard InChI is InChI=1S/C23H23N3O7/c1-14-16-6-4-5-7-19(16)25-20(21(14)23(28)32-3)13-33-22(27)17-12-15(26(29)30)8-9-18(17)24-10-11-31-2/h4-9,12,24H,10-11,13H2,1-3H3. The molecule has 3 aromatic rings. The SMILES string of the molecule is COCCNc1ccc([N+](=O)[O-])cc1C(=O)OCc1nc2ccccc2c(C)c1C(=O)OC. The largest absolute Gasteiger partial charge is 0.465 e. The van der Waals surface area contributed by atoms with Gasteiger partial charge in [0.05, 0.1) is 41.0 Å². The third-order valence-electron chi connectivity index (χ3n) is 5.01. The number of methoxy groups -OCH3 is 2. The maximum atomic E-state index is 12.9. The number of nitrogens with zero attached hydrogens (tertiary/aromatic N) is 2. The van der Waals surface area contributed by atoms with Crippen LogP contribution in [-0.4, -0.2) is 49.2 Å². The second-order valence-corrected chi connectivity index (χ2v) is 7.05. The van der Waals surface area contributed by atoms with E-state index in [4.69, 9.17) is 14.2 Å². The molecule has 33 heavy (non-hydrogen) atoms. The van der Waals surface area contributed by atoms with Gasteiger partial charge in [-0.25, -0.2) is 14.6 Å². The first-order valence-electron chi connectivity index (χ1n) is 10.0. The Morgan fingerprint density at radius 3 is 2.58 bits per heavy atom. The van der Waals surface area contributed by atoms with E-state index >= 15 is 0 Å². The lowest BCUT2D eigenvalue weighted by molar-refractivity contribution is -0.384. The van der Waals surface area contributed by atoms with E-state index in [1.807, 2.05) is 18.2 Å². The molecular formula is C23H23N3O7. The number of para-hydroxylation sites is 1. The molecule has 3 rings (SSSR count). The van der Waals surface area contributed by atoms with Crippen LogP contribution in [0.2, 0.25) is 0 Å². The molecule has 0 bridgehead atoms. The summed E-state index contributed by atoms with van der Waals surface area (Å²) in [6, 6.07) is 11.1. The predicted octanol–water partition coefficient (Wildman–Crippen LogP) is 3.65. The van der Waals surface area contributed by atoms with Gasteiger partial charge >= 0.3 is 11.9 Å². The number of aryl methyl sites for hydroxylation is 1. The lowest BCUT2D eigenvalue weighted by Crippen LogP contribution is -2.16. The molecule has 0 saturated heterocycles. The summed E-state index contributed by atoms with van der Waals surface area (Å²) in [6.07, 6.45) is 0. The van der Waals surface area contributed by atoms with E-state index in [-0.39, 0.29) is 29.1 Å². The molecule has 1 aromatic heterocycles. The summed E-state index contributed by atoms with van der Waals surface area (Å²) >= 11 is 0. The maximum absolute atomic E-state index is 12.9. The van der Waals surface area contributed by atoms with Gasteiger partial charge in [0.25, 0.3) is 5.69 Å². The molecule has 0 aliphatic rings. The monoisotopic (exact) mass is 453 g/mol. The van der Waals surface area contributed by atoms with Crippen LogP contribution in [0.1, 0.15) is 32.0 Å². The number of nitrogens with one attached hydrogen (secondary N) is 1. The van der Waals surface area contributed by atoms with Crippen LogP contribution in [-0.2, 0) is 20.8 Å². The summed E-state index contributed by atoms with van der Waals surface area (Å²) in [5.41, 5.74) is 1.80. The van der Waals surface area contributed by atoms with Gasteiger partial charge in [0.2, 0.25) is 0 Å².